The van der Waals surface area contributed by atoms with Crippen LogP contribution in [-0.4, -0.2) is 23.6 Å². The predicted molar refractivity (Wildman–Crippen MR) is 104 cm³/mol. The highest BCUT2D eigenvalue weighted by Gasteiger charge is 2.31. The maximum atomic E-state index is 12.6. The second-order valence-electron chi connectivity index (χ2n) is 6.58. The van der Waals surface area contributed by atoms with E-state index in [2.05, 4.69) is 22.0 Å². The first-order valence-corrected chi connectivity index (χ1v) is 9.65. The van der Waals surface area contributed by atoms with Crippen LogP contribution < -0.4 is 0 Å². The molecule has 1 amide bonds. The molecule has 0 radical (unpaired) electrons. The number of amides is 1. The van der Waals surface area contributed by atoms with Gasteiger partial charge in [0.15, 0.2) is 4.67 Å². The summed E-state index contributed by atoms with van der Waals surface area (Å²) in [5, 5.41) is 1.10. The maximum absolute atomic E-state index is 12.6. The normalized spacial score (nSPS) is 17.0. The highest BCUT2D eigenvalue weighted by atomic mass is 79.9. The zero-order valence-electron chi connectivity index (χ0n) is 14.4. The molecule has 2 aromatic carbocycles. The molecule has 2 heterocycles. The molecular weight excluding hydrogens is 394 g/mol. The van der Waals surface area contributed by atoms with Gasteiger partial charge in [-0.1, -0.05) is 48.5 Å². The molecule has 5 heteroatoms. The molecule has 0 spiro atoms. The smallest absolute Gasteiger partial charge is 0.410 e. The zero-order valence-corrected chi connectivity index (χ0v) is 15.9. The van der Waals surface area contributed by atoms with Crippen LogP contribution in [0.5, 0.6) is 0 Å². The fourth-order valence-electron chi connectivity index (χ4n) is 3.59. The Kier molecular flexibility index (Phi) is 4.98. The highest BCUT2D eigenvalue weighted by Crippen LogP contribution is 2.33. The summed E-state index contributed by atoms with van der Waals surface area (Å²) in [4.78, 5) is 14.4. The highest BCUT2D eigenvalue weighted by molar-refractivity contribution is 9.10. The molecule has 1 unspecified atom stereocenters. The lowest BCUT2D eigenvalue weighted by molar-refractivity contribution is 0.0921. The molecular formula is C21H20BrNO3. The topological polar surface area (TPSA) is 42.7 Å². The number of fused-ring (bicyclic) bond motifs is 1. The number of halogens is 1. The lowest BCUT2D eigenvalue weighted by Gasteiger charge is -2.24. The number of furan rings is 1. The fourth-order valence-corrected chi connectivity index (χ4v) is 4.14. The summed E-state index contributed by atoms with van der Waals surface area (Å²) in [6.45, 7) is 1.05. The van der Waals surface area contributed by atoms with E-state index in [1.807, 2.05) is 53.4 Å². The van der Waals surface area contributed by atoms with Crippen LogP contribution in [0.25, 0.3) is 11.0 Å². The Morgan fingerprint density at radius 1 is 1.15 bits per heavy atom. The van der Waals surface area contributed by atoms with Crippen LogP contribution in [0.2, 0.25) is 0 Å². The largest absolute Gasteiger partial charge is 0.449 e. The van der Waals surface area contributed by atoms with Gasteiger partial charge in [-0.3, -0.25) is 0 Å². The second-order valence-corrected chi connectivity index (χ2v) is 7.30. The van der Waals surface area contributed by atoms with Crippen LogP contribution in [0.3, 0.4) is 0 Å². The van der Waals surface area contributed by atoms with Gasteiger partial charge in [0.2, 0.25) is 0 Å². The van der Waals surface area contributed by atoms with Gasteiger partial charge in [0.05, 0.1) is 0 Å². The first-order chi connectivity index (χ1) is 12.7. The average Bonchev–Trinajstić information content (AvgIpc) is 3.26. The summed E-state index contributed by atoms with van der Waals surface area (Å²) in [6, 6.07) is 17.9. The number of carbonyl (C=O) groups is 1. The second kappa shape index (κ2) is 7.54. The minimum atomic E-state index is -0.236. The van der Waals surface area contributed by atoms with Gasteiger partial charge in [0.1, 0.15) is 12.2 Å². The summed E-state index contributed by atoms with van der Waals surface area (Å²) >= 11 is 3.53. The van der Waals surface area contributed by atoms with Gasteiger partial charge >= 0.3 is 6.09 Å². The van der Waals surface area contributed by atoms with E-state index >= 15 is 0 Å². The molecule has 26 heavy (non-hydrogen) atoms. The molecule has 1 fully saturated rings. The van der Waals surface area contributed by atoms with Gasteiger partial charge in [-0.2, -0.15) is 0 Å². The molecule has 3 aromatic rings. The van der Waals surface area contributed by atoms with Crippen LogP contribution in [0.4, 0.5) is 4.79 Å². The van der Waals surface area contributed by atoms with Crippen molar-refractivity contribution in [2.75, 3.05) is 6.54 Å². The Labute approximate surface area is 160 Å². The van der Waals surface area contributed by atoms with Crippen molar-refractivity contribution in [1.82, 2.24) is 4.90 Å². The number of ether oxygens (including phenoxy) is 1. The monoisotopic (exact) mass is 413 g/mol. The summed E-state index contributed by atoms with van der Waals surface area (Å²) in [6.07, 6.45) is 2.50. The van der Waals surface area contributed by atoms with Crippen molar-refractivity contribution >= 4 is 33.0 Å². The van der Waals surface area contributed by atoms with E-state index in [0.717, 1.165) is 52.6 Å². The number of hydrogen-bond acceptors (Lipinski definition) is 3. The molecule has 1 aliphatic rings. The van der Waals surface area contributed by atoms with Crippen molar-refractivity contribution < 1.29 is 13.9 Å². The van der Waals surface area contributed by atoms with Crippen LogP contribution in [-0.2, 0) is 17.8 Å². The van der Waals surface area contributed by atoms with Crippen molar-refractivity contribution in [2.45, 2.75) is 31.9 Å². The van der Waals surface area contributed by atoms with Crippen LogP contribution in [0, 0.1) is 0 Å². The average molecular weight is 414 g/mol. The molecule has 0 bridgehead atoms. The standard InChI is InChI=1S/C21H20BrNO3/c22-20-18(17-10-4-5-11-19(17)26-20)13-16-9-6-12-23(16)21(24)25-14-15-7-2-1-3-8-15/h1-5,7-8,10-11,16H,6,9,12-14H2. The minimum Gasteiger partial charge on any atom is -0.449 e. The summed E-state index contributed by atoms with van der Waals surface area (Å²) in [7, 11) is 0. The lowest BCUT2D eigenvalue weighted by Crippen LogP contribution is -2.37. The van der Waals surface area contributed by atoms with Crippen molar-refractivity contribution in [1.29, 1.82) is 0 Å². The Morgan fingerprint density at radius 2 is 1.92 bits per heavy atom. The number of benzene rings is 2. The predicted octanol–water partition coefficient (Wildman–Crippen LogP) is 5.54. The number of hydrogen-bond donors (Lipinski definition) is 0. The van der Waals surface area contributed by atoms with Crippen molar-refractivity contribution in [3.63, 3.8) is 0 Å². The maximum Gasteiger partial charge on any atom is 0.410 e. The Balaban J connectivity index is 1.46. The minimum absolute atomic E-state index is 0.135. The Morgan fingerprint density at radius 3 is 2.77 bits per heavy atom. The number of rotatable bonds is 4. The Bertz CT molecular complexity index is 906. The van der Waals surface area contributed by atoms with Gasteiger partial charge in [-0.05, 0) is 46.8 Å². The van der Waals surface area contributed by atoms with Crippen molar-refractivity contribution in [3.8, 4) is 0 Å². The number of nitrogens with zero attached hydrogens (tertiary/aromatic N) is 1. The van der Waals surface area contributed by atoms with Crippen molar-refractivity contribution in [2.24, 2.45) is 0 Å². The van der Waals surface area contributed by atoms with E-state index in [9.17, 15) is 4.79 Å². The zero-order chi connectivity index (χ0) is 17.9. The molecule has 0 N–H and O–H groups in total. The van der Waals surface area contributed by atoms with E-state index in [1.165, 1.54) is 0 Å². The number of carbonyl (C=O) groups excluding carboxylic acids is 1. The third-order valence-electron chi connectivity index (χ3n) is 4.91. The summed E-state index contributed by atoms with van der Waals surface area (Å²) < 4.78 is 12.1. The molecule has 134 valence electrons. The molecule has 1 atom stereocenters. The van der Waals surface area contributed by atoms with E-state index < -0.39 is 0 Å². The van der Waals surface area contributed by atoms with E-state index in [-0.39, 0.29) is 12.1 Å². The number of likely N-dealkylation sites (tertiary alicyclic amines) is 1. The van der Waals surface area contributed by atoms with E-state index in [4.69, 9.17) is 9.15 Å². The van der Waals surface area contributed by atoms with E-state index in [1.54, 1.807) is 0 Å². The molecule has 0 aliphatic carbocycles. The molecule has 1 saturated heterocycles. The molecule has 1 aromatic heterocycles. The van der Waals surface area contributed by atoms with Gasteiger partial charge in [-0.15, -0.1) is 0 Å². The third-order valence-corrected chi connectivity index (χ3v) is 5.55. The third kappa shape index (κ3) is 3.49. The quantitative estimate of drug-likeness (QED) is 0.563. The van der Waals surface area contributed by atoms with Gasteiger partial charge in [-0.25, -0.2) is 4.79 Å². The van der Waals surface area contributed by atoms with Crippen LogP contribution in [0.1, 0.15) is 24.0 Å². The summed E-state index contributed by atoms with van der Waals surface area (Å²) in [5.74, 6) is 0. The van der Waals surface area contributed by atoms with Gasteiger partial charge < -0.3 is 14.1 Å². The van der Waals surface area contributed by atoms with Gasteiger partial charge in [0, 0.05) is 23.5 Å². The first kappa shape index (κ1) is 17.2. The van der Waals surface area contributed by atoms with Gasteiger partial charge in [0.25, 0.3) is 0 Å². The molecule has 4 nitrogen and oxygen atoms in total. The SMILES string of the molecule is O=C(OCc1ccccc1)N1CCCC1Cc1c(Br)oc2ccccc12. The van der Waals surface area contributed by atoms with Crippen LogP contribution >= 0.6 is 15.9 Å². The lowest BCUT2D eigenvalue weighted by atomic mass is 10.0. The molecule has 0 saturated carbocycles. The Hall–Kier alpha value is -2.27. The van der Waals surface area contributed by atoms with Crippen LogP contribution in [0.15, 0.2) is 63.7 Å². The fraction of sp³-hybridized carbons (Fsp3) is 0.286. The summed E-state index contributed by atoms with van der Waals surface area (Å²) in [5.41, 5.74) is 2.99. The molecule has 4 rings (SSSR count). The number of para-hydroxylation sites is 1. The first-order valence-electron chi connectivity index (χ1n) is 8.85. The van der Waals surface area contributed by atoms with E-state index in [0.29, 0.717) is 6.61 Å². The van der Waals surface area contributed by atoms with Crippen molar-refractivity contribution in [3.05, 3.63) is 70.4 Å². The molecule has 1 aliphatic heterocycles.